The molecule has 0 amide bonds. The van der Waals surface area contributed by atoms with Gasteiger partial charge in [0.15, 0.2) is 0 Å². The molecule has 7 nitrogen and oxygen atoms in total. The number of nitrogens with zero attached hydrogens (tertiary/aromatic N) is 3. The number of fused-ring (bicyclic) bond motifs is 1. The molecule has 0 unspecified atom stereocenters. The predicted molar refractivity (Wildman–Crippen MR) is 105 cm³/mol. The van der Waals surface area contributed by atoms with Crippen molar-refractivity contribution < 1.29 is 12.9 Å². The number of benzene rings is 2. The normalized spacial score (nSPS) is 11.8. The van der Waals surface area contributed by atoms with E-state index in [1.54, 1.807) is 36.5 Å². The molecule has 2 aromatic carbocycles. The number of hydrogen-bond acceptors (Lipinski definition) is 6. The molecule has 28 heavy (non-hydrogen) atoms. The third-order valence-corrected chi connectivity index (χ3v) is 5.77. The first-order valence-electron chi connectivity index (χ1n) is 8.36. The quantitative estimate of drug-likeness (QED) is 0.534. The van der Waals surface area contributed by atoms with Gasteiger partial charge in [-0.3, -0.25) is 4.98 Å². The summed E-state index contributed by atoms with van der Waals surface area (Å²) in [5.74, 6) is 0.505. The van der Waals surface area contributed by atoms with Crippen LogP contribution in [0.2, 0.25) is 5.02 Å². The monoisotopic (exact) mass is 414 g/mol. The first kappa shape index (κ1) is 18.5. The summed E-state index contributed by atoms with van der Waals surface area (Å²) in [5.41, 5.74) is 2.08. The van der Waals surface area contributed by atoms with Gasteiger partial charge >= 0.3 is 0 Å². The van der Waals surface area contributed by atoms with Crippen LogP contribution in [0, 0.1) is 6.92 Å². The van der Waals surface area contributed by atoms with Crippen molar-refractivity contribution in [2.24, 2.45) is 0 Å². The molecular formula is C19H15ClN4O3S. The lowest BCUT2D eigenvalue weighted by atomic mass is 10.2. The summed E-state index contributed by atoms with van der Waals surface area (Å²) in [6.07, 6.45) is 1.64. The van der Waals surface area contributed by atoms with Crippen LogP contribution in [0.4, 0.5) is 0 Å². The summed E-state index contributed by atoms with van der Waals surface area (Å²) >= 11 is 5.87. The van der Waals surface area contributed by atoms with Crippen molar-refractivity contribution in [1.82, 2.24) is 19.8 Å². The lowest BCUT2D eigenvalue weighted by Crippen LogP contribution is -2.23. The number of pyridine rings is 1. The average Bonchev–Trinajstić information content (AvgIpc) is 3.15. The van der Waals surface area contributed by atoms with E-state index in [0.717, 1.165) is 16.5 Å². The van der Waals surface area contributed by atoms with Gasteiger partial charge in [-0.2, -0.15) is 4.98 Å². The van der Waals surface area contributed by atoms with Gasteiger partial charge < -0.3 is 4.52 Å². The van der Waals surface area contributed by atoms with Gasteiger partial charge in [-0.05, 0) is 48.9 Å². The second kappa shape index (κ2) is 7.31. The summed E-state index contributed by atoms with van der Waals surface area (Å²) in [6, 6.07) is 13.8. The first-order valence-corrected chi connectivity index (χ1v) is 10.2. The van der Waals surface area contributed by atoms with Crippen LogP contribution < -0.4 is 4.72 Å². The molecule has 9 heteroatoms. The molecule has 0 aliphatic rings. The van der Waals surface area contributed by atoms with Gasteiger partial charge in [0.05, 0.1) is 12.1 Å². The largest absolute Gasteiger partial charge is 0.338 e. The van der Waals surface area contributed by atoms with Crippen LogP contribution in [0.3, 0.4) is 0 Å². The minimum absolute atomic E-state index is 0.0995. The molecular weight excluding hydrogens is 400 g/mol. The highest BCUT2D eigenvalue weighted by Crippen LogP contribution is 2.22. The van der Waals surface area contributed by atoms with Gasteiger partial charge in [0, 0.05) is 22.2 Å². The molecule has 0 atom stereocenters. The molecule has 0 aliphatic carbocycles. The maximum absolute atomic E-state index is 12.8. The summed E-state index contributed by atoms with van der Waals surface area (Å²) in [7, 11) is -3.82. The molecule has 2 heterocycles. The molecule has 4 rings (SSSR count). The Morgan fingerprint density at radius 2 is 1.93 bits per heavy atom. The fraction of sp³-hybridized carbons (Fsp3) is 0.105. The molecule has 142 valence electrons. The van der Waals surface area contributed by atoms with Crippen LogP contribution in [-0.2, 0) is 16.6 Å². The van der Waals surface area contributed by atoms with Crippen LogP contribution in [0.25, 0.3) is 22.3 Å². The summed E-state index contributed by atoms with van der Waals surface area (Å²) in [6.45, 7) is 1.77. The summed E-state index contributed by atoms with van der Waals surface area (Å²) in [4.78, 5) is 8.59. The topological polar surface area (TPSA) is 98.0 Å². The Bertz CT molecular complexity index is 1250. The molecule has 4 aromatic rings. The molecule has 0 saturated carbocycles. The fourth-order valence-electron chi connectivity index (χ4n) is 2.74. The number of aryl methyl sites for hydroxylation is 1. The Labute approximate surface area is 166 Å². The molecule has 1 N–H and O–H groups in total. The number of nitrogens with one attached hydrogen (secondary N) is 1. The molecule has 0 fully saturated rings. The van der Waals surface area contributed by atoms with Crippen molar-refractivity contribution in [3.63, 3.8) is 0 Å². The standard InChI is InChI=1S/C19H15ClN4O3S/c1-12-9-14-3-2-4-16(18(14)21-10-12)28(25,26)22-11-17-23-19(24-27-17)13-5-7-15(20)8-6-13/h2-10,22H,11H2,1H3. The van der Waals surface area contributed by atoms with Crippen molar-refractivity contribution >= 4 is 32.5 Å². The average molecular weight is 415 g/mol. The van der Waals surface area contributed by atoms with Gasteiger partial charge in [-0.1, -0.05) is 28.9 Å². The van der Waals surface area contributed by atoms with Crippen LogP contribution >= 0.6 is 11.6 Å². The van der Waals surface area contributed by atoms with Gasteiger partial charge in [-0.15, -0.1) is 0 Å². The highest BCUT2D eigenvalue weighted by Gasteiger charge is 2.19. The predicted octanol–water partition coefficient (Wildman–Crippen LogP) is 3.73. The highest BCUT2D eigenvalue weighted by molar-refractivity contribution is 7.89. The fourth-order valence-corrected chi connectivity index (χ4v) is 4.01. The molecule has 0 radical (unpaired) electrons. The zero-order valence-electron chi connectivity index (χ0n) is 14.8. The van der Waals surface area contributed by atoms with Gasteiger partial charge in [0.1, 0.15) is 4.90 Å². The van der Waals surface area contributed by atoms with E-state index >= 15 is 0 Å². The van der Waals surface area contributed by atoms with Crippen molar-refractivity contribution in [2.45, 2.75) is 18.4 Å². The molecule has 0 aliphatic heterocycles. The third-order valence-electron chi connectivity index (χ3n) is 4.08. The molecule has 0 bridgehead atoms. The number of aromatic nitrogens is 3. The number of halogens is 1. The van der Waals surface area contributed by atoms with Crippen LogP contribution in [0.1, 0.15) is 11.5 Å². The lowest BCUT2D eigenvalue weighted by Gasteiger charge is -2.08. The zero-order valence-corrected chi connectivity index (χ0v) is 16.3. The van der Waals surface area contributed by atoms with E-state index < -0.39 is 10.0 Å². The van der Waals surface area contributed by atoms with Gasteiger partial charge in [-0.25, -0.2) is 13.1 Å². The Kier molecular flexibility index (Phi) is 4.84. The molecule has 0 spiro atoms. The third kappa shape index (κ3) is 3.75. The smallest absolute Gasteiger partial charge is 0.243 e. The van der Waals surface area contributed by atoms with E-state index in [0.29, 0.717) is 16.4 Å². The van der Waals surface area contributed by atoms with Crippen LogP contribution in [0.5, 0.6) is 0 Å². The molecule has 0 saturated heterocycles. The first-order chi connectivity index (χ1) is 13.4. The van der Waals surface area contributed by atoms with Crippen LogP contribution in [0.15, 0.2) is 64.1 Å². The second-order valence-electron chi connectivity index (χ2n) is 6.18. The summed E-state index contributed by atoms with van der Waals surface area (Å²) in [5, 5.41) is 5.22. The highest BCUT2D eigenvalue weighted by atomic mass is 35.5. The minimum Gasteiger partial charge on any atom is -0.338 e. The Hall–Kier alpha value is -2.81. The second-order valence-corrected chi connectivity index (χ2v) is 8.36. The SMILES string of the molecule is Cc1cnc2c(S(=O)(=O)NCc3nc(-c4ccc(Cl)cc4)no3)cccc2c1. The van der Waals surface area contributed by atoms with Crippen molar-refractivity contribution in [3.8, 4) is 11.4 Å². The van der Waals surface area contributed by atoms with Crippen LogP contribution in [-0.4, -0.2) is 23.5 Å². The number of rotatable bonds is 5. The van der Waals surface area contributed by atoms with E-state index in [-0.39, 0.29) is 17.3 Å². The van der Waals surface area contributed by atoms with Crippen molar-refractivity contribution in [3.05, 3.63) is 71.2 Å². The van der Waals surface area contributed by atoms with E-state index in [2.05, 4.69) is 19.8 Å². The Balaban J connectivity index is 1.56. The Morgan fingerprint density at radius 1 is 1.14 bits per heavy atom. The van der Waals surface area contributed by atoms with E-state index in [9.17, 15) is 8.42 Å². The maximum Gasteiger partial charge on any atom is 0.243 e. The van der Waals surface area contributed by atoms with Crippen molar-refractivity contribution in [1.29, 1.82) is 0 Å². The maximum atomic E-state index is 12.8. The minimum atomic E-state index is -3.82. The zero-order chi connectivity index (χ0) is 19.7. The number of hydrogen-bond donors (Lipinski definition) is 1. The summed E-state index contributed by atoms with van der Waals surface area (Å²) < 4.78 is 33.2. The van der Waals surface area contributed by atoms with Crippen molar-refractivity contribution in [2.75, 3.05) is 0 Å². The Morgan fingerprint density at radius 3 is 2.71 bits per heavy atom. The molecule has 2 aromatic heterocycles. The van der Waals surface area contributed by atoms with Gasteiger partial charge in [0.2, 0.25) is 21.7 Å². The number of para-hydroxylation sites is 1. The van der Waals surface area contributed by atoms with E-state index in [1.165, 1.54) is 6.07 Å². The lowest BCUT2D eigenvalue weighted by molar-refractivity contribution is 0.376. The van der Waals surface area contributed by atoms with E-state index in [4.69, 9.17) is 16.1 Å². The van der Waals surface area contributed by atoms with Gasteiger partial charge in [0.25, 0.3) is 0 Å². The number of sulfonamides is 1. The van der Waals surface area contributed by atoms with E-state index in [1.807, 2.05) is 19.1 Å².